The van der Waals surface area contributed by atoms with Gasteiger partial charge in [0.05, 0.1) is 5.56 Å². The molecule has 0 spiro atoms. The van der Waals surface area contributed by atoms with Crippen LogP contribution in [0.3, 0.4) is 0 Å². The van der Waals surface area contributed by atoms with Gasteiger partial charge in [-0.1, -0.05) is 131 Å². The van der Waals surface area contributed by atoms with Crippen molar-refractivity contribution < 1.29 is 15.0 Å². The molecular weight excluding hydrogens is 420 g/mol. The summed E-state index contributed by atoms with van der Waals surface area (Å²) >= 11 is 0. The SMILES string of the molecule is CCCCCCCCCCCCCCCCCCc1c(C(=O)O)cc(C(C)C)c(O)c1C(C)C. The van der Waals surface area contributed by atoms with Gasteiger partial charge in [0.25, 0.3) is 0 Å². The van der Waals surface area contributed by atoms with Gasteiger partial charge in [0.15, 0.2) is 0 Å². The summed E-state index contributed by atoms with van der Waals surface area (Å²) in [5.74, 6) is -0.371. The van der Waals surface area contributed by atoms with Crippen LogP contribution >= 0.6 is 0 Å². The van der Waals surface area contributed by atoms with Gasteiger partial charge in [-0.3, -0.25) is 0 Å². The highest BCUT2D eigenvalue weighted by Crippen LogP contribution is 2.39. The quantitative estimate of drug-likeness (QED) is 0.185. The first kappa shape index (κ1) is 30.5. The van der Waals surface area contributed by atoms with Crippen molar-refractivity contribution in [1.29, 1.82) is 0 Å². The Labute approximate surface area is 210 Å². The molecule has 34 heavy (non-hydrogen) atoms. The first-order valence-electron chi connectivity index (χ1n) is 14.4. The summed E-state index contributed by atoms with van der Waals surface area (Å²) in [6.07, 6.45) is 22.0. The summed E-state index contributed by atoms with van der Waals surface area (Å²) in [4.78, 5) is 12.0. The number of hydrogen-bond donors (Lipinski definition) is 2. The van der Waals surface area contributed by atoms with Gasteiger partial charge < -0.3 is 10.2 Å². The molecule has 0 radical (unpaired) electrons. The highest BCUT2D eigenvalue weighted by atomic mass is 16.4. The molecule has 1 aromatic carbocycles. The summed E-state index contributed by atoms with van der Waals surface area (Å²) in [5.41, 5.74) is 2.81. The van der Waals surface area contributed by atoms with E-state index >= 15 is 0 Å². The second kappa shape index (κ2) is 17.9. The first-order valence-corrected chi connectivity index (χ1v) is 14.4. The zero-order valence-corrected chi connectivity index (χ0v) is 23.1. The number of phenols is 1. The fourth-order valence-electron chi connectivity index (χ4n) is 5.13. The Morgan fingerprint density at radius 1 is 0.706 bits per heavy atom. The van der Waals surface area contributed by atoms with E-state index in [4.69, 9.17) is 0 Å². The van der Waals surface area contributed by atoms with Crippen molar-refractivity contribution in [2.45, 2.75) is 156 Å². The second-order valence-corrected chi connectivity index (χ2v) is 10.9. The van der Waals surface area contributed by atoms with E-state index in [2.05, 4.69) is 6.92 Å². The van der Waals surface area contributed by atoms with Gasteiger partial charge >= 0.3 is 5.97 Å². The van der Waals surface area contributed by atoms with Crippen molar-refractivity contribution in [1.82, 2.24) is 0 Å². The average Bonchev–Trinajstić information content (AvgIpc) is 2.78. The number of carbonyl (C=O) groups is 1. The number of unbranched alkanes of at least 4 members (excludes halogenated alkanes) is 15. The Balaban J connectivity index is 2.29. The summed E-state index contributed by atoms with van der Waals surface area (Å²) in [5, 5.41) is 20.7. The van der Waals surface area contributed by atoms with Crippen molar-refractivity contribution in [2.75, 3.05) is 0 Å². The van der Waals surface area contributed by atoms with Crippen molar-refractivity contribution in [3.05, 3.63) is 28.3 Å². The molecular formula is C31H54O3. The molecule has 0 aliphatic heterocycles. The molecule has 0 aliphatic rings. The lowest BCUT2D eigenvalue weighted by Gasteiger charge is -2.21. The van der Waals surface area contributed by atoms with Crippen LogP contribution in [0.4, 0.5) is 0 Å². The Bertz CT molecular complexity index is 690. The van der Waals surface area contributed by atoms with E-state index in [0.717, 1.165) is 36.0 Å². The second-order valence-electron chi connectivity index (χ2n) is 10.9. The van der Waals surface area contributed by atoms with E-state index in [1.807, 2.05) is 27.7 Å². The molecule has 1 aromatic rings. The topological polar surface area (TPSA) is 57.5 Å². The van der Waals surface area contributed by atoms with Crippen molar-refractivity contribution in [3.8, 4) is 5.75 Å². The fourth-order valence-corrected chi connectivity index (χ4v) is 5.13. The standard InChI is InChI=1S/C31H54O3/c1-6-7-8-9-10-11-12-13-14-15-16-17-18-19-20-21-22-26-28(31(33)34)23-27(24(2)3)30(32)29(26)25(4)5/h23-25,32H,6-22H2,1-5H3,(H,33,34). The highest BCUT2D eigenvalue weighted by molar-refractivity contribution is 5.91. The number of carboxylic acids is 1. The number of carboxylic acid groups (broad SMARTS) is 1. The molecule has 0 atom stereocenters. The Morgan fingerprint density at radius 2 is 1.12 bits per heavy atom. The zero-order valence-electron chi connectivity index (χ0n) is 23.1. The van der Waals surface area contributed by atoms with Crippen LogP contribution in [0.1, 0.15) is 176 Å². The minimum absolute atomic E-state index is 0.0974. The number of aromatic hydroxyl groups is 1. The molecule has 1 rings (SSSR count). The predicted octanol–water partition coefficient (Wildman–Crippen LogP) is 10.1. The molecule has 0 saturated carbocycles. The van der Waals surface area contributed by atoms with Gasteiger partial charge in [-0.25, -0.2) is 4.79 Å². The van der Waals surface area contributed by atoms with Crippen molar-refractivity contribution in [3.63, 3.8) is 0 Å². The normalized spacial score (nSPS) is 11.6. The molecule has 196 valence electrons. The third-order valence-corrected chi connectivity index (χ3v) is 7.19. The van der Waals surface area contributed by atoms with E-state index < -0.39 is 5.97 Å². The Kier molecular flexibility index (Phi) is 16.0. The molecule has 0 fully saturated rings. The van der Waals surface area contributed by atoms with Gasteiger partial charge in [-0.05, 0) is 41.9 Å². The van der Waals surface area contributed by atoms with Crippen LogP contribution in [0.25, 0.3) is 0 Å². The van der Waals surface area contributed by atoms with Crippen LogP contribution < -0.4 is 0 Å². The van der Waals surface area contributed by atoms with Gasteiger partial charge in [0.2, 0.25) is 0 Å². The summed E-state index contributed by atoms with van der Waals surface area (Å²) < 4.78 is 0. The minimum Gasteiger partial charge on any atom is -0.507 e. The van der Waals surface area contributed by atoms with Crippen molar-refractivity contribution >= 4 is 5.97 Å². The summed E-state index contributed by atoms with van der Waals surface area (Å²) in [6, 6.07) is 1.70. The molecule has 3 heteroatoms. The largest absolute Gasteiger partial charge is 0.507 e. The third-order valence-electron chi connectivity index (χ3n) is 7.19. The monoisotopic (exact) mass is 474 g/mol. The maximum absolute atomic E-state index is 12.0. The smallest absolute Gasteiger partial charge is 0.335 e. The van der Waals surface area contributed by atoms with E-state index in [1.54, 1.807) is 6.07 Å². The number of phenolic OH excluding ortho intramolecular Hbond substituents is 1. The number of hydrogen-bond acceptors (Lipinski definition) is 2. The maximum atomic E-state index is 12.0. The van der Waals surface area contributed by atoms with E-state index in [1.165, 1.54) is 89.9 Å². The highest BCUT2D eigenvalue weighted by Gasteiger charge is 2.23. The molecule has 3 nitrogen and oxygen atoms in total. The maximum Gasteiger partial charge on any atom is 0.335 e. The predicted molar refractivity (Wildman–Crippen MR) is 146 cm³/mol. The first-order chi connectivity index (χ1) is 16.3. The van der Waals surface area contributed by atoms with Crippen LogP contribution in [-0.2, 0) is 6.42 Å². The van der Waals surface area contributed by atoms with Crippen LogP contribution in [0.5, 0.6) is 5.75 Å². The molecule has 0 amide bonds. The average molecular weight is 475 g/mol. The number of aromatic carboxylic acids is 1. The molecule has 0 aliphatic carbocycles. The summed E-state index contributed by atoms with van der Waals surface area (Å²) in [7, 11) is 0. The van der Waals surface area contributed by atoms with E-state index in [0.29, 0.717) is 11.3 Å². The third kappa shape index (κ3) is 11.3. The van der Waals surface area contributed by atoms with E-state index in [9.17, 15) is 15.0 Å². The molecule has 0 saturated heterocycles. The fraction of sp³-hybridized carbons (Fsp3) is 0.774. The van der Waals surface area contributed by atoms with Gasteiger partial charge in [0.1, 0.15) is 5.75 Å². The number of rotatable bonds is 20. The van der Waals surface area contributed by atoms with Gasteiger partial charge in [-0.2, -0.15) is 0 Å². The molecule has 0 unspecified atom stereocenters. The Morgan fingerprint density at radius 3 is 1.47 bits per heavy atom. The van der Waals surface area contributed by atoms with Crippen LogP contribution in [-0.4, -0.2) is 16.2 Å². The van der Waals surface area contributed by atoms with Gasteiger partial charge in [-0.15, -0.1) is 0 Å². The molecule has 0 heterocycles. The van der Waals surface area contributed by atoms with Crippen LogP contribution in [0.2, 0.25) is 0 Å². The summed E-state index contributed by atoms with van der Waals surface area (Å²) in [6.45, 7) is 10.4. The molecule has 2 N–H and O–H groups in total. The molecule has 0 bridgehead atoms. The minimum atomic E-state index is -0.879. The molecule has 0 aromatic heterocycles. The lowest BCUT2D eigenvalue weighted by atomic mass is 9.84. The van der Waals surface area contributed by atoms with E-state index in [-0.39, 0.29) is 11.8 Å². The van der Waals surface area contributed by atoms with Gasteiger partial charge in [0, 0.05) is 5.56 Å². The zero-order chi connectivity index (χ0) is 25.3. The van der Waals surface area contributed by atoms with Crippen LogP contribution in [0.15, 0.2) is 6.07 Å². The lowest BCUT2D eigenvalue weighted by Crippen LogP contribution is -2.10. The lowest BCUT2D eigenvalue weighted by molar-refractivity contribution is 0.0695. The Hall–Kier alpha value is -1.51. The van der Waals surface area contributed by atoms with Crippen LogP contribution in [0, 0.1) is 0 Å². The van der Waals surface area contributed by atoms with Crippen molar-refractivity contribution in [2.24, 2.45) is 0 Å². The number of benzene rings is 1.